The highest BCUT2D eigenvalue weighted by Crippen LogP contribution is 2.22. The van der Waals surface area contributed by atoms with Crippen LogP contribution in [0.1, 0.15) is 38.1 Å². The summed E-state index contributed by atoms with van der Waals surface area (Å²) in [5.41, 5.74) is -0.460. The van der Waals surface area contributed by atoms with Crippen LogP contribution in [-0.4, -0.2) is 23.5 Å². The van der Waals surface area contributed by atoms with E-state index < -0.39 is 11.5 Å². The van der Waals surface area contributed by atoms with Gasteiger partial charge in [0, 0.05) is 6.04 Å². The van der Waals surface area contributed by atoms with Gasteiger partial charge in [-0.2, -0.15) is 0 Å². The van der Waals surface area contributed by atoms with Crippen LogP contribution in [-0.2, 0) is 4.79 Å². The third-order valence-electron chi connectivity index (χ3n) is 3.57. The quantitative estimate of drug-likeness (QED) is 0.826. The number of amides is 2. The number of carbonyl (C=O) groups is 2. The fourth-order valence-electron chi connectivity index (χ4n) is 2.25. The molecule has 26 heavy (non-hydrogen) atoms. The molecule has 2 aromatic rings. The van der Waals surface area contributed by atoms with E-state index in [-0.39, 0.29) is 17.8 Å². The van der Waals surface area contributed by atoms with E-state index >= 15 is 0 Å². The maximum Gasteiger partial charge on any atom is 0.267 e. The molecule has 0 aliphatic carbocycles. The van der Waals surface area contributed by atoms with Crippen molar-refractivity contribution in [3.63, 3.8) is 0 Å². The first-order chi connectivity index (χ1) is 12.2. The van der Waals surface area contributed by atoms with Crippen LogP contribution in [0.25, 0.3) is 0 Å². The van der Waals surface area contributed by atoms with Gasteiger partial charge in [-0.1, -0.05) is 12.1 Å². The molecule has 0 saturated heterocycles. The van der Waals surface area contributed by atoms with Gasteiger partial charge in [0.2, 0.25) is 0 Å². The zero-order valence-electron chi connectivity index (χ0n) is 15.3. The van der Waals surface area contributed by atoms with Crippen molar-refractivity contribution in [1.82, 2.24) is 5.32 Å². The Labute approximate surface area is 152 Å². The van der Waals surface area contributed by atoms with Crippen LogP contribution in [0.15, 0.2) is 48.5 Å². The van der Waals surface area contributed by atoms with Gasteiger partial charge in [0.25, 0.3) is 11.8 Å². The number of hydrogen-bond donors (Lipinski definition) is 2. The van der Waals surface area contributed by atoms with E-state index in [1.54, 1.807) is 38.1 Å². The van der Waals surface area contributed by atoms with E-state index in [0.29, 0.717) is 17.0 Å². The number of benzene rings is 2. The number of nitrogens with one attached hydrogen (secondary N) is 2. The lowest BCUT2D eigenvalue weighted by Gasteiger charge is -2.26. The van der Waals surface area contributed by atoms with Gasteiger partial charge < -0.3 is 15.4 Å². The van der Waals surface area contributed by atoms with Gasteiger partial charge in [-0.15, -0.1) is 0 Å². The Kier molecular flexibility index (Phi) is 5.97. The van der Waals surface area contributed by atoms with Gasteiger partial charge in [-0.3, -0.25) is 9.59 Å². The number of halogens is 1. The molecule has 0 aromatic heterocycles. The Morgan fingerprint density at radius 3 is 2.27 bits per heavy atom. The molecule has 0 radical (unpaired) electrons. The molecule has 0 heterocycles. The molecule has 0 saturated carbocycles. The molecule has 2 N–H and O–H groups in total. The van der Waals surface area contributed by atoms with Gasteiger partial charge in [-0.05, 0) is 64.1 Å². The zero-order chi connectivity index (χ0) is 19.3. The Bertz CT molecular complexity index is 786. The molecule has 0 unspecified atom stereocenters. The zero-order valence-corrected chi connectivity index (χ0v) is 15.3. The topological polar surface area (TPSA) is 67.4 Å². The molecule has 0 aliphatic heterocycles. The second-order valence-corrected chi connectivity index (χ2v) is 6.69. The summed E-state index contributed by atoms with van der Waals surface area (Å²) in [7, 11) is 0. The van der Waals surface area contributed by atoms with Crippen LogP contribution in [0.5, 0.6) is 5.75 Å². The van der Waals surface area contributed by atoms with Crippen molar-refractivity contribution in [2.75, 3.05) is 5.32 Å². The number of hydrogen-bond acceptors (Lipinski definition) is 3. The highest BCUT2D eigenvalue weighted by molar-refractivity contribution is 6.05. The number of ether oxygens (including phenoxy) is 1. The van der Waals surface area contributed by atoms with Gasteiger partial charge in [-0.25, -0.2) is 4.39 Å². The molecule has 0 aliphatic rings. The summed E-state index contributed by atoms with van der Waals surface area (Å²) in [4.78, 5) is 25.0. The van der Waals surface area contributed by atoms with Crippen molar-refractivity contribution < 1.29 is 18.7 Å². The largest absolute Gasteiger partial charge is 0.478 e. The van der Waals surface area contributed by atoms with Crippen molar-refractivity contribution in [3.05, 3.63) is 59.9 Å². The van der Waals surface area contributed by atoms with Crippen molar-refractivity contribution in [2.45, 2.75) is 39.3 Å². The summed E-state index contributed by atoms with van der Waals surface area (Å²) in [6, 6.07) is 12.2. The van der Waals surface area contributed by atoms with Crippen molar-refractivity contribution in [1.29, 1.82) is 0 Å². The number of para-hydroxylation sites is 1. The Morgan fingerprint density at radius 2 is 1.65 bits per heavy atom. The van der Waals surface area contributed by atoms with E-state index in [4.69, 9.17) is 4.74 Å². The average molecular weight is 358 g/mol. The average Bonchev–Trinajstić information content (AvgIpc) is 2.56. The van der Waals surface area contributed by atoms with E-state index in [1.165, 1.54) is 24.3 Å². The Morgan fingerprint density at radius 1 is 1.04 bits per heavy atom. The fraction of sp³-hybridized carbons (Fsp3) is 0.300. The minimum absolute atomic E-state index is 0.0236. The normalized spacial score (nSPS) is 11.2. The van der Waals surface area contributed by atoms with Crippen LogP contribution in [0.3, 0.4) is 0 Å². The van der Waals surface area contributed by atoms with Crippen molar-refractivity contribution >= 4 is 17.5 Å². The molecule has 5 nitrogen and oxygen atoms in total. The SMILES string of the molecule is CC(C)NC(=O)c1ccccc1NC(=O)C(C)(C)Oc1ccc(F)cc1. The first-order valence-electron chi connectivity index (χ1n) is 8.35. The molecule has 0 fully saturated rings. The molecule has 0 bridgehead atoms. The van der Waals surface area contributed by atoms with Crippen LogP contribution in [0, 0.1) is 5.82 Å². The smallest absolute Gasteiger partial charge is 0.267 e. The van der Waals surface area contributed by atoms with Crippen LogP contribution < -0.4 is 15.4 Å². The molecule has 6 heteroatoms. The number of rotatable bonds is 6. The standard InChI is InChI=1S/C20H23FN2O3/c1-13(2)22-18(24)16-7-5-6-8-17(16)23-19(25)20(3,4)26-15-11-9-14(21)10-12-15/h5-13H,1-4H3,(H,22,24)(H,23,25). The third kappa shape index (κ3) is 5.05. The van der Waals surface area contributed by atoms with Crippen LogP contribution in [0.2, 0.25) is 0 Å². The maximum absolute atomic E-state index is 13.0. The first-order valence-corrected chi connectivity index (χ1v) is 8.35. The summed E-state index contributed by atoms with van der Waals surface area (Å²) >= 11 is 0. The number of carbonyl (C=O) groups excluding carboxylic acids is 2. The maximum atomic E-state index is 13.0. The lowest BCUT2D eigenvalue weighted by atomic mass is 10.1. The predicted molar refractivity (Wildman–Crippen MR) is 98.8 cm³/mol. The first kappa shape index (κ1) is 19.4. The lowest BCUT2D eigenvalue weighted by Crippen LogP contribution is -2.43. The minimum Gasteiger partial charge on any atom is -0.478 e. The minimum atomic E-state index is -1.22. The third-order valence-corrected chi connectivity index (χ3v) is 3.57. The van der Waals surface area contributed by atoms with Crippen LogP contribution >= 0.6 is 0 Å². The summed E-state index contributed by atoms with van der Waals surface area (Å²) in [6.45, 7) is 6.92. The Balaban J connectivity index is 2.15. The summed E-state index contributed by atoms with van der Waals surface area (Å²) in [5, 5.41) is 5.54. The highest BCUT2D eigenvalue weighted by Gasteiger charge is 2.31. The highest BCUT2D eigenvalue weighted by atomic mass is 19.1. The van der Waals surface area contributed by atoms with Crippen molar-refractivity contribution in [3.8, 4) is 5.75 Å². The summed E-state index contributed by atoms with van der Waals surface area (Å²) < 4.78 is 18.7. The molecule has 2 amide bonds. The number of anilines is 1. The second-order valence-electron chi connectivity index (χ2n) is 6.69. The van der Waals surface area contributed by atoms with E-state index in [2.05, 4.69) is 10.6 Å². The Hall–Kier alpha value is -2.89. The monoisotopic (exact) mass is 358 g/mol. The lowest BCUT2D eigenvalue weighted by molar-refractivity contribution is -0.128. The van der Waals surface area contributed by atoms with Gasteiger partial charge in [0.1, 0.15) is 11.6 Å². The molecular weight excluding hydrogens is 335 g/mol. The van der Waals surface area contributed by atoms with E-state index in [0.717, 1.165) is 0 Å². The van der Waals surface area contributed by atoms with Crippen molar-refractivity contribution in [2.24, 2.45) is 0 Å². The van der Waals surface area contributed by atoms with Gasteiger partial charge >= 0.3 is 0 Å². The molecule has 138 valence electrons. The fourth-order valence-corrected chi connectivity index (χ4v) is 2.25. The molecule has 0 atom stereocenters. The van der Waals surface area contributed by atoms with Gasteiger partial charge in [0.05, 0.1) is 11.3 Å². The van der Waals surface area contributed by atoms with Gasteiger partial charge in [0.15, 0.2) is 5.60 Å². The summed E-state index contributed by atoms with van der Waals surface area (Å²) in [5.74, 6) is -0.707. The molecular formula is C20H23FN2O3. The molecule has 2 aromatic carbocycles. The van der Waals surface area contributed by atoms with E-state index in [9.17, 15) is 14.0 Å². The predicted octanol–water partition coefficient (Wildman–Crippen LogP) is 3.76. The molecule has 0 spiro atoms. The van der Waals surface area contributed by atoms with E-state index in [1.807, 2.05) is 13.8 Å². The summed E-state index contributed by atoms with van der Waals surface area (Å²) in [6.07, 6.45) is 0. The second kappa shape index (κ2) is 7.99. The molecule has 2 rings (SSSR count). The van der Waals surface area contributed by atoms with Crippen LogP contribution in [0.4, 0.5) is 10.1 Å².